The van der Waals surface area contributed by atoms with Crippen molar-refractivity contribution >= 4 is 17.4 Å². The average molecular weight is 335 g/mol. The molecule has 1 N–H and O–H groups in total. The number of phenols is 1. The molecule has 0 aliphatic heterocycles. The number of aryl methyl sites for hydroxylation is 1. The number of rotatable bonds is 2. The number of carbonyl (C=O) groups excluding carboxylic acids is 1. The first kappa shape index (κ1) is 15.0. The van der Waals surface area contributed by atoms with Crippen LogP contribution in [0.4, 0.5) is 0 Å². The first-order valence-corrected chi connectivity index (χ1v) is 8.26. The molecule has 1 aliphatic carbocycles. The average Bonchev–Trinajstić information content (AvgIpc) is 2.97. The Morgan fingerprint density at radius 1 is 0.833 bits per heavy atom. The molecule has 0 saturated carbocycles. The fraction of sp³-hybridized carbons (Fsp3) is 0.0952. The van der Waals surface area contributed by atoms with Gasteiger partial charge in [-0.2, -0.15) is 0 Å². The monoisotopic (exact) mass is 334 g/mol. The molecular weight excluding hydrogens is 320 g/mol. The number of aromatic hydroxyl groups is 1. The van der Waals surface area contributed by atoms with E-state index in [9.17, 15) is 9.90 Å². The number of ketones is 1. The molecule has 4 rings (SSSR count). The van der Waals surface area contributed by atoms with E-state index in [-0.39, 0.29) is 11.5 Å². The molecule has 24 heavy (non-hydrogen) atoms. The molecule has 0 heterocycles. The predicted molar refractivity (Wildman–Crippen MR) is 96.6 cm³/mol. The molecule has 2 nitrogen and oxygen atoms in total. The zero-order valence-corrected chi connectivity index (χ0v) is 13.7. The van der Waals surface area contributed by atoms with Crippen LogP contribution in [0.5, 0.6) is 5.75 Å². The van der Waals surface area contributed by atoms with Gasteiger partial charge >= 0.3 is 0 Å². The molecule has 0 spiro atoms. The van der Waals surface area contributed by atoms with E-state index < -0.39 is 0 Å². The highest BCUT2D eigenvalue weighted by atomic mass is 35.5. The van der Waals surface area contributed by atoms with Crippen molar-refractivity contribution in [3.63, 3.8) is 0 Å². The van der Waals surface area contributed by atoms with Gasteiger partial charge in [-0.3, -0.25) is 4.79 Å². The second-order valence-electron chi connectivity index (χ2n) is 5.98. The number of halogens is 1. The summed E-state index contributed by atoms with van der Waals surface area (Å²) in [6.07, 6.45) is 1.22. The molecule has 0 aromatic heterocycles. The first-order chi connectivity index (χ1) is 11.6. The number of hydrogen-bond donors (Lipinski definition) is 1. The summed E-state index contributed by atoms with van der Waals surface area (Å²) < 4.78 is 0. The predicted octanol–water partition coefficient (Wildman–Crippen LogP) is 5.51. The van der Waals surface area contributed by atoms with E-state index in [0.717, 1.165) is 28.7 Å². The van der Waals surface area contributed by atoms with Crippen molar-refractivity contribution in [3.8, 4) is 28.0 Å². The molecule has 118 valence electrons. The van der Waals surface area contributed by atoms with Crippen molar-refractivity contribution in [2.24, 2.45) is 0 Å². The third kappa shape index (κ3) is 2.40. The van der Waals surface area contributed by atoms with Crippen LogP contribution in [-0.2, 0) is 6.42 Å². The van der Waals surface area contributed by atoms with Crippen molar-refractivity contribution in [1.82, 2.24) is 0 Å². The minimum atomic E-state index is 0.0989. The van der Waals surface area contributed by atoms with E-state index in [1.54, 1.807) is 12.1 Å². The van der Waals surface area contributed by atoms with Crippen LogP contribution in [0.15, 0.2) is 60.7 Å². The van der Waals surface area contributed by atoms with Crippen LogP contribution in [0, 0.1) is 0 Å². The van der Waals surface area contributed by atoms with Crippen molar-refractivity contribution in [3.05, 3.63) is 76.8 Å². The van der Waals surface area contributed by atoms with Gasteiger partial charge in [-0.15, -0.1) is 0 Å². The lowest BCUT2D eigenvalue weighted by molar-refractivity contribution is 0.0995. The summed E-state index contributed by atoms with van der Waals surface area (Å²) in [6, 6.07) is 18.9. The minimum Gasteiger partial charge on any atom is -0.507 e. The quantitative estimate of drug-likeness (QED) is 0.671. The van der Waals surface area contributed by atoms with Crippen molar-refractivity contribution in [2.45, 2.75) is 12.8 Å². The Labute approximate surface area is 145 Å². The van der Waals surface area contributed by atoms with E-state index in [1.807, 2.05) is 48.5 Å². The third-order valence-corrected chi connectivity index (χ3v) is 4.75. The second kappa shape index (κ2) is 5.81. The lowest BCUT2D eigenvalue weighted by Gasteiger charge is -2.15. The normalized spacial score (nSPS) is 13.1. The van der Waals surface area contributed by atoms with Crippen LogP contribution >= 0.6 is 11.6 Å². The van der Waals surface area contributed by atoms with E-state index in [1.165, 1.54) is 0 Å². The van der Waals surface area contributed by atoms with Gasteiger partial charge in [0.2, 0.25) is 0 Å². The highest BCUT2D eigenvalue weighted by Crippen LogP contribution is 2.45. The minimum absolute atomic E-state index is 0.0989. The molecule has 1 aliphatic rings. The maximum atomic E-state index is 12.4. The Morgan fingerprint density at radius 2 is 1.54 bits per heavy atom. The van der Waals surface area contributed by atoms with Gasteiger partial charge in [0.15, 0.2) is 5.78 Å². The van der Waals surface area contributed by atoms with Crippen LogP contribution in [-0.4, -0.2) is 10.9 Å². The van der Waals surface area contributed by atoms with E-state index in [0.29, 0.717) is 22.6 Å². The molecule has 3 heteroatoms. The van der Waals surface area contributed by atoms with Gasteiger partial charge in [-0.05, 0) is 41.3 Å². The summed E-state index contributed by atoms with van der Waals surface area (Å²) in [5.74, 6) is 0.249. The molecule has 0 bridgehead atoms. The molecule has 0 unspecified atom stereocenters. The Hall–Kier alpha value is -2.58. The van der Waals surface area contributed by atoms with Crippen LogP contribution in [0.3, 0.4) is 0 Å². The van der Waals surface area contributed by atoms with Crippen LogP contribution in [0.1, 0.15) is 22.3 Å². The summed E-state index contributed by atoms with van der Waals surface area (Å²) in [5.41, 5.74) is 4.78. The fourth-order valence-corrected chi connectivity index (χ4v) is 3.48. The highest BCUT2D eigenvalue weighted by Gasteiger charge is 2.28. The zero-order chi connectivity index (χ0) is 16.7. The Bertz CT molecular complexity index is 928. The molecular formula is C21H15ClO2. The van der Waals surface area contributed by atoms with Crippen molar-refractivity contribution in [1.29, 1.82) is 0 Å². The molecule has 0 radical (unpaired) electrons. The standard InChI is InChI=1S/C21H15ClO2/c22-16-9-6-13(7-10-16)17-12-15-8-11-18(23)19(15)20(21(17)24)14-4-2-1-3-5-14/h1-7,9-10,12,24H,8,11H2. The van der Waals surface area contributed by atoms with Gasteiger partial charge in [0.25, 0.3) is 0 Å². The summed E-state index contributed by atoms with van der Waals surface area (Å²) in [6.45, 7) is 0. The number of phenolic OH excluding ortho intramolecular Hbond substituents is 1. The Balaban J connectivity index is 2.01. The number of hydrogen-bond acceptors (Lipinski definition) is 2. The topological polar surface area (TPSA) is 37.3 Å². The van der Waals surface area contributed by atoms with E-state index in [2.05, 4.69) is 0 Å². The third-order valence-electron chi connectivity index (χ3n) is 4.50. The maximum absolute atomic E-state index is 12.4. The lowest BCUT2D eigenvalue weighted by Crippen LogP contribution is -1.98. The van der Waals surface area contributed by atoms with Gasteiger partial charge in [0.1, 0.15) is 5.75 Å². The molecule has 0 amide bonds. The number of fused-ring (bicyclic) bond motifs is 1. The number of carbonyl (C=O) groups is 1. The van der Waals surface area contributed by atoms with Gasteiger partial charge in [-0.25, -0.2) is 0 Å². The highest BCUT2D eigenvalue weighted by molar-refractivity contribution is 6.30. The number of benzene rings is 3. The molecule has 0 fully saturated rings. The summed E-state index contributed by atoms with van der Waals surface area (Å²) in [7, 11) is 0. The first-order valence-electron chi connectivity index (χ1n) is 7.88. The number of Topliss-reactive ketones (excluding diaryl/α,β-unsaturated/α-hetero) is 1. The van der Waals surface area contributed by atoms with Crippen LogP contribution < -0.4 is 0 Å². The fourth-order valence-electron chi connectivity index (χ4n) is 3.35. The summed E-state index contributed by atoms with van der Waals surface area (Å²) in [4.78, 5) is 12.4. The lowest BCUT2D eigenvalue weighted by atomic mass is 9.90. The largest absolute Gasteiger partial charge is 0.507 e. The van der Waals surface area contributed by atoms with Crippen LogP contribution in [0.2, 0.25) is 5.02 Å². The van der Waals surface area contributed by atoms with Crippen molar-refractivity contribution in [2.75, 3.05) is 0 Å². The molecule has 0 saturated heterocycles. The molecule has 3 aromatic carbocycles. The molecule has 3 aromatic rings. The van der Waals surface area contributed by atoms with Gasteiger partial charge in [0.05, 0.1) is 0 Å². The van der Waals surface area contributed by atoms with Gasteiger partial charge in [-0.1, -0.05) is 54.1 Å². The smallest absolute Gasteiger partial charge is 0.164 e. The zero-order valence-electron chi connectivity index (χ0n) is 12.9. The summed E-state index contributed by atoms with van der Waals surface area (Å²) >= 11 is 5.97. The summed E-state index contributed by atoms with van der Waals surface area (Å²) in [5, 5.41) is 11.6. The van der Waals surface area contributed by atoms with Gasteiger partial charge in [0, 0.05) is 28.1 Å². The maximum Gasteiger partial charge on any atom is 0.164 e. The molecule has 0 atom stereocenters. The Kier molecular flexibility index (Phi) is 3.62. The Morgan fingerprint density at radius 3 is 2.25 bits per heavy atom. The SMILES string of the molecule is O=C1CCc2cc(-c3ccc(Cl)cc3)c(O)c(-c3ccccc3)c21. The van der Waals surface area contributed by atoms with Crippen LogP contribution in [0.25, 0.3) is 22.3 Å². The van der Waals surface area contributed by atoms with E-state index >= 15 is 0 Å². The van der Waals surface area contributed by atoms with Crippen molar-refractivity contribution < 1.29 is 9.90 Å². The second-order valence-corrected chi connectivity index (χ2v) is 6.41. The van der Waals surface area contributed by atoms with Gasteiger partial charge < -0.3 is 5.11 Å². The van der Waals surface area contributed by atoms with E-state index in [4.69, 9.17) is 11.6 Å².